The Morgan fingerprint density at radius 1 is 1.30 bits per heavy atom. The van der Waals surface area contributed by atoms with Crippen LogP contribution in [0.25, 0.3) is 0 Å². The molecule has 3 aliphatic heterocycles. The summed E-state index contributed by atoms with van der Waals surface area (Å²) in [6, 6.07) is 4.99. The van der Waals surface area contributed by atoms with Crippen LogP contribution in [0.15, 0.2) is 24.8 Å². The van der Waals surface area contributed by atoms with Gasteiger partial charge in [-0.1, -0.05) is 18.2 Å². The van der Waals surface area contributed by atoms with E-state index in [0.717, 1.165) is 31.4 Å². The number of carbonyl (C=O) groups is 2. The molecule has 1 aromatic heterocycles. The molecule has 12 heteroatoms. The third-order valence-electron chi connectivity index (χ3n) is 9.44. The number of rotatable bonds is 6. The average molecular weight is 608 g/mol. The van der Waals surface area contributed by atoms with E-state index in [1.165, 1.54) is 18.2 Å². The van der Waals surface area contributed by atoms with E-state index in [4.69, 9.17) is 26.3 Å². The number of ether oxygens (including phenoxy) is 1. The van der Waals surface area contributed by atoms with Gasteiger partial charge in [0.15, 0.2) is 5.82 Å². The highest BCUT2D eigenvalue weighted by atomic mass is 35.5. The van der Waals surface area contributed by atoms with Gasteiger partial charge in [-0.2, -0.15) is 15.2 Å². The summed E-state index contributed by atoms with van der Waals surface area (Å²) in [6.07, 6.45) is 5.68. The van der Waals surface area contributed by atoms with E-state index < -0.39 is 11.2 Å². The Balaban J connectivity index is 1.40. The molecule has 43 heavy (non-hydrogen) atoms. The van der Waals surface area contributed by atoms with Gasteiger partial charge >= 0.3 is 6.01 Å². The number of nitriles is 1. The molecule has 226 valence electrons. The number of halogens is 2. The molecule has 6 rings (SSSR count). The Labute approximate surface area is 255 Å². The second-order valence-electron chi connectivity index (χ2n) is 11.9. The van der Waals surface area contributed by atoms with Crippen LogP contribution in [-0.2, 0) is 27.8 Å². The van der Waals surface area contributed by atoms with E-state index in [2.05, 4.69) is 29.9 Å². The van der Waals surface area contributed by atoms with Gasteiger partial charge in [-0.25, -0.2) is 4.39 Å². The van der Waals surface area contributed by atoms with Gasteiger partial charge in [0.25, 0.3) is 0 Å². The van der Waals surface area contributed by atoms with Crippen LogP contribution in [0.1, 0.15) is 48.9 Å². The highest BCUT2D eigenvalue weighted by Crippen LogP contribution is 2.48. The first kappa shape index (κ1) is 29.3. The van der Waals surface area contributed by atoms with E-state index >= 15 is 0 Å². The number of anilines is 2. The van der Waals surface area contributed by atoms with Gasteiger partial charge in [0.2, 0.25) is 11.8 Å². The Morgan fingerprint density at radius 2 is 2.14 bits per heavy atom. The molecule has 10 nitrogen and oxygen atoms in total. The van der Waals surface area contributed by atoms with Gasteiger partial charge < -0.3 is 24.8 Å². The lowest BCUT2D eigenvalue weighted by atomic mass is 9.65. The molecule has 4 aliphatic rings. The molecular formula is C31H35ClFN7O3. The number of carbonyl (C=O) groups excluding carboxylic acids is 2. The zero-order valence-corrected chi connectivity index (χ0v) is 25.0. The summed E-state index contributed by atoms with van der Waals surface area (Å²) in [5.41, 5.74) is 1.46. The van der Waals surface area contributed by atoms with Crippen molar-refractivity contribution < 1.29 is 18.7 Å². The minimum absolute atomic E-state index is 0.138. The Bertz CT molecular complexity index is 1510. The number of likely N-dealkylation sites (tertiary alicyclic amines) is 1. The number of amides is 2. The molecule has 0 bridgehead atoms. The van der Waals surface area contributed by atoms with Gasteiger partial charge in [0.1, 0.15) is 18.1 Å². The van der Waals surface area contributed by atoms with Gasteiger partial charge in [-0.15, -0.1) is 0 Å². The van der Waals surface area contributed by atoms with Crippen LogP contribution >= 0.6 is 11.6 Å². The van der Waals surface area contributed by atoms with E-state index in [9.17, 15) is 19.2 Å². The summed E-state index contributed by atoms with van der Waals surface area (Å²) in [6.45, 7) is 6.17. The summed E-state index contributed by atoms with van der Waals surface area (Å²) in [7, 11) is 2.07. The van der Waals surface area contributed by atoms with Crippen molar-refractivity contribution in [2.45, 2.75) is 62.4 Å². The molecule has 0 radical (unpaired) electrons. The van der Waals surface area contributed by atoms with Gasteiger partial charge in [-0.3, -0.25) is 9.59 Å². The summed E-state index contributed by atoms with van der Waals surface area (Å²) in [5, 5.41) is 12.9. The molecule has 1 aromatic carbocycles. The van der Waals surface area contributed by atoms with E-state index in [1.807, 2.05) is 4.90 Å². The molecule has 4 heterocycles. The highest BCUT2D eigenvalue weighted by molar-refractivity contribution is 6.31. The number of aromatic nitrogens is 2. The van der Waals surface area contributed by atoms with Crippen LogP contribution < -0.4 is 15.0 Å². The average Bonchev–Trinajstić information content (AvgIpc) is 3.41. The van der Waals surface area contributed by atoms with Crippen molar-refractivity contribution in [3.05, 3.63) is 52.4 Å². The fourth-order valence-corrected chi connectivity index (χ4v) is 7.42. The summed E-state index contributed by atoms with van der Waals surface area (Å²) in [4.78, 5) is 42.0. The Morgan fingerprint density at radius 3 is 2.88 bits per heavy atom. The topological polar surface area (TPSA) is 115 Å². The molecule has 2 amide bonds. The number of piperazine rings is 1. The fraction of sp³-hybridized carbons (Fsp3) is 0.516. The minimum Gasteiger partial charge on any atom is -0.462 e. The van der Waals surface area contributed by atoms with Crippen molar-refractivity contribution in [1.82, 2.24) is 19.8 Å². The standard InChI is InChI=1S/C31H35ClFN7O3/c1-3-26(41)40-13-12-39(17-20(40)8-10-34)28-27-25(35-30(37-28)43-18-21-6-5-11-38(21)2)16-31(29(42)36-27)9-4-7-22-23(31)14-19(33)15-24(22)32/h3,14-15,20-21H,1,4-9,11-13,16-18H2,2H3,(H,36,42)/t20-,21-,31?/m0/s1. The van der Waals surface area contributed by atoms with Crippen molar-refractivity contribution in [3.63, 3.8) is 0 Å². The quantitative estimate of drug-likeness (QED) is 0.495. The first-order valence-corrected chi connectivity index (χ1v) is 15.2. The van der Waals surface area contributed by atoms with Crippen LogP contribution in [0, 0.1) is 17.1 Å². The zero-order valence-electron chi connectivity index (χ0n) is 24.2. The molecule has 3 atom stereocenters. The molecule has 2 aromatic rings. The third-order valence-corrected chi connectivity index (χ3v) is 9.77. The Hall–Kier alpha value is -3.75. The molecule has 1 aliphatic carbocycles. The molecular weight excluding hydrogens is 573 g/mol. The SMILES string of the molecule is C=CC(=O)N1CCN(c2nc(OC[C@@H]3CCCN3C)nc3c2NC(=O)C2(CCCc4c(Cl)cc(F)cc42)C3)C[C@@H]1CC#N. The molecule has 0 saturated carbocycles. The maximum absolute atomic E-state index is 14.7. The number of nitrogens with one attached hydrogen (secondary N) is 1. The fourth-order valence-electron chi connectivity index (χ4n) is 7.12. The molecule has 1 unspecified atom stereocenters. The number of nitrogens with zero attached hydrogens (tertiary/aromatic N) is 6. The number of likely N-dealkylation sites (N-methyl/N-ethyl adjacent to an activating group) is 1. The lowest BCUT2D eigenvalue weighted by Crippen LogP contribution is -2.55. The predicted molar refractivity (Wildman–Crippen MR) is 160 cm³/mol. The largest absolute Gasteiger partial charge is 0.462 e. The summed E-state index contributed by atoms with van der Waals surface area (Å²) >= 11 is 6.46. The van der Waals surface area contributed by atoms with Gasteiger partial charge in [0, 0.05) is 37.1 Å². The van der Waals surface area contributed by atoms with Crippen molar-refractivity contribution in [3.8, 4) is 12.1 Å². The first-order chi connectivity index (χ1) is 20.7. The highest BCUT2D eigenvalue weighted by Gasteiger charge is 2.49. The van der Waals surface area contributed by atoms with Crippen LogP contribution in [0.4, 0.5) is 15.9 Å². The monoisotopic (exact) mass is 607 g/mol. The van der Waals surface area contributed by atoms with Crippen molar-refractivity contribution >= 4 is 34.9 Å². The lowest BCUT2D eigenvalue weighted by molar-refractivity contribution is -0.128. The summed E-state index contributed by atoms with van der Waals surface area (Å²) in [5.74, 6) is -0.466. The van der Waals surface area contributed by atoms with Gasteiger partial charge in [-0.05, 0) is 75.0 Å². The minimum atomic E-state index is -1.03. The smallest absolute Gasteiger partial charge is 0.318 e. The van der Waals surface area contributed by atoms with Crippen molar-refractivity contribution in [2.24, 2.45) is 0 Å². The number of benzene rings is 1. The van der Waals surface area contributed by atoms with Crippen LogP contribution in [0.5, 0.6) is 6.01 Å². The van der Waals surface area contributed by atoms with Crippen LogP contribution in [-0.4, -0.2) is 83.5 Å². The number of hydrogen-bond donors (Lipinski definition) is 1. The lowest BCUT2D eigenvalue weighted by Gasteiger charge is -2.44. The predicted octanol–water partition coefficient (Wildman–Crippen LogP) is 3.63. The third kappa shape index (κ3) is 5.31. The molecule has 2 fully saturated rings. The Kier molecular flexibility index (Phi) is 8.00. The molecule has 1 N–H and O–H groups in total. The summed E-state index contributed by atoms with van der Waals surface area (Å²) < 4.78 is 20.9. The van der Waals surface area contributed by atoms with E-state index in [0.29, 0.717) is 66.9 Å². The van der Waals surface area contributed by atoms with Gasteiger partial charge in [0.05, 0.1) is 29.6 Å². The molecule has 1 spiro atoms. The second-order valence-corrected chi connectivity index (χ2v) is 12.3. The van der Waals surface area contributed by atoms with E-state index in [-0.39, 0.29) is 42.8 Å². The second kappa shape index (κ2) is 11.7. The molecule has 2 saturated heterocycles. The van der Waals surface area contributed by atoms with Crippen LogP contribution in [0.3, 0.4) is 0 Å². The maximum Gasteiger partial charge on any atom is 0.318 e. The zero-order chi connectivity index (χ0) is 30.3. The van der Waals surface area contributed by atoms with E-state index in [1.54, 1.807) is 4.90 Å². The normalized spacial score (nSPS) is 25.1. The number of hydrogen-bond acceptors (Lipinski definition) is 8. The van der Waals surface area contributed by atoms with Crippen LogP contribution in [0.2, 0.25) is 5.02 Å². The van der Waals surface area contributed by atoms with Crippen molar-refractivity contribution in [1.29, 1.82) is 5.26 Å². The first-order valence-electron chi connectivity index (χ1n) is 14.8. The maximum atomic E-state index is 14.7. The number of fused-ring (bicyclic) bond motifs is 3. The van der Waals surface area contributed by atoms with Crippen molar-refractivity contribution in [2.75, 3.05) is 50.1 Å².